The van der Waals surface area contributed by atoms with E-state index in [0.717, 1.165) is 76.1 Å². The molecule has 0 unspecified atom stereocenters. The second kappa shape index (κ2) is 20.8. The second-order valence-corrected chi connectivity index (χ2v) is 16.7. The number of piperidine rings is 3. The van der Waals surface area contributed by atoms with Gasteiger partial charge in [0.15, 0.2) is 11.9 Å². The third-order valence-electron chi connectivity index (χ3n) is 12.2. The lowest BCUT2D eigenvalue weighted by Gasteiger charge is -2.41. The summed E-state index contributed by atoms with van der Waals surface area (Å²) in [5.41, 5.74) is 4.40. The van der Waals surface area contributed by atoms with Crippen molar-refractivity contribution in [2.75, 3.05) is 58.2 Å². The highest BCUT2D eigenvalue weighted by molar-refractivity contribution is 6.33. The number of hydrogen-bond donors (Lipinski definition) is 2. The fourth-order valence-corrected chi connectivity index (χ4v) is 8.94. The number of aromatic nitrogens is 3. The lowest BCUT2D eigenvalue weighted by Crippen LogP contribution is -2.49. The third-order valence-corrected chi connectivity index (χ3v) is 12.5. The number of unbranched alkanes of at least 4 members (excludes halogenated alkanes) is 3. The quantitative estimate of drug-likeness (QED) is 0.0907. The summed E-state index contributed by atoms with van der Waals surface area (Å²) in [6.07, 6.45) is 1.59. The molecule has 3 aromatic rings. The number of likely N-dealkylation sites (tertiary alicyclic amines) is 3. The van der Waals surface area contributed by atoms with Crippen LogP contribution in [-0.4, -0.2) is 106 Å². The fourth-order valence-electron chi connectivity index (χ4n) is 8.70. The van der Waals surface area contributed by atoms with Gasteiger partial charge in [0.25, 0.3) is 5.91 Å². The van der Waals surface area contributed by atoms with E-state index in [-0.39, 0.29) is 47.8 Å². The van der Waals surface area contributed by atoms with Crippen molar-refractivity contribution in [3.8, 4) is 11.4 Å². The molecule has 0 saturated carbocycles. The molecule has 0 radical (unpaired) electrons. The molecule has 17 heteroatoms. The van der Waals surface area contributed by atoms with E-state index in [1.165, 1.54) is 15.6 Å². The molecule has 3 fully saturated rings. The molecule has 3 N–H and O–H groups in total. The SMILES string of the molecule is CCCCCCOC(=O)CCN1CCC(C2CCN(C(=O)[C@@H](Cc3cc(Cl)c(N)c(C(F)(F)F)c3)OC(=O)N3CCC(n4nc(-c5ccccc5)[nH]c4=O)CC3)CC2)CC1. The van der Waals surface area contributed by atoms with Gasteiger partial charge in [0.05, 0.1) is 35.3 Å². The predicted octanol–water partition coefficient (Wildman–Crippen LogP) is 7.34. The van der Waals surface area contributed by atoms with Gasteiger partial charge in [-0.25, -0.2) is 14.3 Å². The van der Waals surface area contributed by atoms with Crippen LogP contribution in [0.15, 0.2) is 47.3 Å². The summed E-state index contributed by atoms with van der Waals surface area (Å²) in [5.74, 6) is 0.666. The minimum Gasteiger partial charge on any atom is -0.466 e. The topological polar surface area (TPSA) is 156 Å². The van der Waals surface area contributed by atoms with Crippen LogP contribution in [0.1, 0.15) is 94.7 Å². The summed E-state index contributed by atoms with van der Waals surface area (Å²) in [6, 6.07) is 11.1. The van der Waals surface area contributed by atoms with Crippen molar-refractivity contribution >= 4 is 35.3 Å². The van der Waals surface area contributed by atoms with Crippen LogP contribution >= 0.6 is 11.6 Å². The highest BCUT2D eigenvalue weighted by Gasteiger charge is 2.38. The number of nitrogens with zero attached hydrogens (tertiary/aromatic N) is 5. The van der Waals surface area contributed by atoms with E-state index in [1.807, 2.05) is 30.3 Å². The van der Waals surface area contributed by atoms with Crippen LogP contribution in [0, 0.1) is 11.8 Å². The van der Waals surface area contributed by atoms with Crippen molar-refractivity contribution < 1.29 is 37.0 Å². The number of hydrogen-bond acceptors (Lipinski definition) is 9. The predicted molar refractivity (Wildman–Crippen MR) is 221 cm³/mol. The smallest absolute Gasteiger partial charge is 0.418 e. The number of anilines is 1. The van der Waals surface area contributed by atoms with Crippen molar-refractivity contribution in [3.05, 3.63) is 69.1 Å². The summed E-state index contributed by atoms with van der Waals surface area (Å²) < 4.78 is 54.4. The lowest BCUT2D eigenvalue weighted by atomic mass is 9.78. The largest absolute Gasteiger partial charge is 0.466 e. The van der Waals surface area contributed by atoms with Crippen LogP contribution in [0.2, 0.25) is 5.02 Å². The van der Waals surface area contributed by atoms with E-state index in [0.29, 0.717) is 63.2 Å². The molecular formula is C43H57ClF3N7O6. The first-order valence-corrected chi connectivity index (χ1v) is 21.7. The Morgan fingerprint density at radius 2 is 1.57 bits per heavy atom. The number of aromatic amines is 1. The molecule has 3 aliphatic rings. The summed E-state index contributed by atoms with van der Waals surface area (Å²) in [4.78, 5) is 61.1. The number of halogens is 4. The Morgan fingerprint density at radius 3 is 2.22 bits per heavy atom. The van der Waals surface area contributed by atoms with Crippen LogP contribution < -0.4 is 11.4 Å². The third kappa shape index (κ3) is 11.8. The molecule has 2 aromatic carbocycles. The number of amides is 2. The number of nitrogens with one attached hydrogen (secondary N) is 1. The van der Waals surface area contributed by atoms with Gasteiger partial charge < -0.3 is 29.9 Å². The second-order valence-electron chi connectivity index (χ2n) is 16.3. The lowest BCUT2D eigenvalue weighted by molar-refractivity contribution is -0.144. The number of nitrogen functional groups attached to an aromatic ring is 1. The molecule has 1 atom stereocenters. The van der Waals surface area contributed by atoms with Gasteiger partial charge in [-0.1, -0.05) is 68.1 Å². The molecule has 328 valence electrons. The normalized spacial score (nSPS) is 18.1. The molecule has 60 heavy (non-hydrogen) atoms. The summed E-state index contributed by atoms with van der Waals surface area (Å²) in [6.45, 7) is 6.35. The Hall–Kier alpha value is -4.57. The van der Waals surface area contributed by atoms with Gasteiger partial charge >= 0.3 is 23.9 Å². The van der Waals surface area contributed by atoms with E-state index >= 15 is 0 Å². The first-order valence-electron chi connectivity index (χ1n) is 21.3. The molecule has 3 aliphatic heterocycles. The molecule has 4 heterocycles. The van der Waals surface area contributed by atoms with Crippen LogP contribution in [0.4, 0.5) is 23.7 Å². The molecule has 13 nitrogen and oxygen atoms in total. The molecule has 2 amide bonds. The number of carbonyl (C=O) groups is 3. The molecule has 3 saturated heterocycles. The number of alkyl halides is 3. The van der Waals surface area contributed by atoms with E-state index in [2.05, 4.69) is 21.9 Å². The van der Waals surface area contributed by atoms with Crippen molar-refractivity contribution in [1.82, 2.24) is 29.5 Å². The maximum absolute atomic E-state index is 14.2. The number of carbonyl (C=O) groups excluding carboxylic acids is 3. The Morgan fingerprint density at radius 1 is 0.917 bits per heavy atom. The van der Waals surface area contributed by atoms with Gasteiger partial charge in [-0.2, -0.15) is 13.2 Å². The highest BCUT2D eigenvalue weighted by atomic mass is 35.5. The maximum atomic E-state index is 14.2. The van der Waals surface area contributed by atoms with Crippen molar-refractivity contribution in [3.63, 3.8) is 0 Å². The zero-order valence-electron chi connectivity index (χ0n) is 34.3. The van der Waals surface area contributed by atoms with Gasteiger partial charge in [0.2, 0.25) is 0 Å². The number of rotatable bonds is 15. The summed E-state index contributed by atoms with van der Waals surface area (Å²) >= 11 is 6.15. The van der Waals surface area contributed by atoms with E-state index < -0.39 is 35.5 Å². The van der Waals surface area contributed by atoms with Crippen LogP contribution in [0.5, 0.6) is 0 Å². The van der Waals surface area contributed by atoms with E-state index in [9.17, 15) is 32.3 Å². The van der Waals surface area contributed by atoms with E-state index in [4.69, 9.17) is 26.8 Å². The standard InChI is InChI=1S/C43H57ClF3N7O6/c1-2-3-4-8-25-59-37(55)17-20-51-18-11-30(12-19-51)31-13-21-52(22-14-31)40(56)36(28-29-26-34(43(45,46)47)38(48)35(44)27-29)60-42(58)53-23-15-33(16-24-53)54-41(57)49-39(50-54)32-9-6-5-7-10-32/h5-7,9-10,26-27,30-31,33,36H,2-4,8,11-25,28,48H2,1H3,(H,49,50,57)/t36-/m1/s1. The van der Waals surface area contributed by atoms with Gasteiger partial charge in [-0.05, 0) is 87.6 Å². The Labute approximate surface area is 353 Å². The molecular weight excluding hydrogens is 803 g/mol. The maximum Gasteiger partial charge on any atom is 0.418 e. The number of ether oxygens (including phenoxy) is 2. The van der Waals surface area contributed by atoms with Gasteiger partial charge in [-0.3, -0.25) is 14.6 Å². The molecule has 0 spiro atoms. The first kappa shape index (κ1) is 45.0. The fraction of sp³-hybridized carbons (Fsp3) is 0.605. The van der Waals surface area contributed by atoms with Gasteiger partial charge in [-0.15, -0.1) is 5.10 Å². The Balaban J connectivity index is 1.04. The zero-order valence-corrected chi connectivity index (χ0v) is 35.0. The average Bonchev–Trinajstić information content (AvgIpc) is 3.65. The molecule has 0 bridgehead atoms. The van der Waals surface area contributed by atoms with Crippen LogP contribution in [-0.2, 0) is 31.7 Å². The average molecular weight is 860 g/mol. The monoisotopic (exact) mass is 859 g/mol. The number of H-pyrrole nitrogens is 1. The summed E-state index contributed by atoms with van der Waals surface area (Å²) in [5, 5.41) is 4.18. The Bertz CT molecular complexity index is 1950. The number of nitrogens with two attached hydrogens (primary N) is 1. The van der Waals surface area contributed by atoms with Crippen molar-refractivity contribution in [1.29, 1.82) is 0 Å². The van der Waals surface area contributed by atoms with Gasteiger partial charge in [0.1, 0.15) is 0 Å². The van der Waals surface area contributed by atoms with Crippen LogP contribution in [0.3, 0.4) is 0 Å². The first-order chi connectivity index (χ1) is 28.8. The number of benzene rings is 2. The molecule has 6 rings (SSSR count). The molecule has 0 aliphatic carbocycles. The minimum atomic E-state index is -4.79. The van der Waals surface area contributed by atoms with Crippen LogP contribution in [0.25, 0.3) is 11.4 Å². The van der Waals surface area contributed by atoms with Gasteiger partial charge in [0, 0.05) is 44.7 Å². The molecule has 1 aromatic heterocycles. The van der Waals surface area contributed by atoms with Crippen molar-refractivity contribution in [2.24, 2.45) is 11.8 Å². The summed E-state index contributed by atoms with van der Waals surface area (Å²) in [7, 11) is 0. The van der Waals surface area contributed by atoms with E-state index in [1.54, 1.807) is 4.90 Å². The minimum absolute atomic E-state index is 0.0559. The number of esters is 1. The zero-order chi connectivity index (χ0) is 42.8. The Kier molecular flexibility index (Phi) is 15.6. The highest BCUT2D eigenvalue weighted by Crippen LogP contribution is 2.39. The van der Waals surface area contributed by atoms with Crippen molar-refractivity contribution in [2.45, 2.75) is 102 Å².